The highest BCUT2D eigenvalue weighted by atomic mass is 15.3. The van der Waals surface area contributed by atoms with E-state index in [-0.39, 0.29) is 0 Å². The van der Waals surface area contributed by atoms with Gasteiger partial charge in [0.1, 0.15) is 11.9 Å². The predicted octanol–water partition coefficient (Wildman–Crippen LogP) is 1.61. The Balaban J connectivity index is 1.32. The van der Waals surface area contributed by atoms with Crippen LogP contribution in [0, 0.1) is 17.2 Å². The van der Waals surface area contributed by atoms with Crippen LogP contribution >= 0.6 is 0 Å². The number of nitrogens with zero attached hydrogens (tertiary/aromatic N) is 4. The summed E-state index contributed by atoms with van der Waals surface area (Å²) in [5, 5.41) is 13.0. The summed E-state index contributed by atoms with van der Waals surface area (Å²) in [6.07, 6.45) is 7.26. The molecule has 0 aliphatic carbocycles. The van der Waals surface area contributed by atoms with Crippen LogP contribution in [0.25, 0.3) is 0 Å². The van der Waals surface area contributed by atoms with Gasteiger partial charge in [0.2, 0.25) is 0 Å². The number of piperazine rings is 1. The van der Waals surface area contributed by atoms with Gasteiger partial charge in [0.05, 0.1) is 5.56 Å². The van der Waals surface area contributed by atoms with E-state index in [0.717, 1.165) is 50.0 Å². The number of anilines is 1. The first kappa shape index (κ1) is 14.9. The van der Waals surface area contributed by atoms with E-state index in [1.54, 1.807) is 6.20 Å². The number of fused-ring (bicyclic) bond motifs is 2. The maximum Gasteiger partial charge on any atom is 0.146 e. The van der Waals surface area contributed by atoms with Crippen molar-refractivity contribution < 1.29 is 0 Å². The van der Waals surface area contributed by atoms with E-state index in [1.165, 1.54) is 32.2 Å². The third kappa shape index (κ3) is 3.19. The molecule has 1 N–H and O–H groups in total. The summed E-state index contributed by atoms with van der Waals surface area (Å²) in [7, 11) is 0. The van der Waals surface area contributed by atoms with Crippen LogP contribution in [0.3, 0.4) is 0 Å². The number of nitriles is 1. The molecule has 4 rings (SSSR count). The Bertz CT molecular complexity index is 575. The van der Waals surface area contributed by atoms with Crippen LogP contribution in [0.4, 0.5) is 5.82 Å². The van der Waals surface area contributed by atoms with Crippen LogP contribution in [0.5, 0.6) is 0 Å². The van der Waals surface area contributed by atoms with E-state index in [9.17, 15) is 5.26 Å². The molecule has 122 valence electrons. The van der Waals surface area contributed by atoms with Crippen LogP contribution in [-0.4, -0.2) is 54.7 Å². The lowest BCUT2D eigenvalue weighted by Crippen LogP contribution is -2.50. The molecule has 2 unspecified atom stereocenters. The Hall–Kier alpha value is -1.64. The number of aromatic nitrogens is 1. The summed E-state index contributed by atoms with van der Waals surface area (Å²) in [5.41, 5.74) is 0.691. The van der Waals surface area contributed by atoms with Crippen molar-refractivity contribution in [3.8, 4) is 6.07 Å². The van der Waals surface area contributed by atoms with Crippen molar-refractivity contribution in [1.29, 1.82) is 5.26 Å². The summed E-state index contributed by atoms with van der Waals surface area (Å²) in [6, 6.07) is 7.53. The molecule has 5 nitrogen and oxygen atoms in total. The van der Waals surface area contributed by atoms with Gasteiger partial charge >= 0.3 is 0 Å². The first-order valence-electron chi connectivity index (χ1n) is 8.90. The van der Waals surface area contributed by atoms with Crippen molar-refractivity contribution in [3.63, 3.8) is 0 Å². The molecule has 2 bridgehead atoms. The smallest absolute Gasteiger partial charge is 0.146 e. The Morgan fingerprint density at radius 3 is 2.61 bits per heavy atom. The molecule has 4 heterocycles. The van der Waals surface area contributed by atoms with Gasteiger partial charge in [0.15, 0.2) is 0 Å². The van der Waals surface area contributed by atoms with Gasteiger partial charge in [-0.25, -0.2) is 4.98 Å². The van der Waals surface area contributed by atoms with Crippen molar-refractivity contribution in [3.05, 3.63) is 23.9 Å². The normalized spacial score (nSPS) is 31.1. The minimum atomic E-state index is 0.691. The van der Waals surface area contributed by atoms with Gasteiger partial charge in [-0.1, -0.05) is 0 Å². The molecule has 5 heteroatoms. The van der Waals surface area contributed by atoms with Crippen molar-refractivity contribution in [2.24, 2.45) is 5.92 Å². The third-order valence-corrected chi connectivity index (χ3v) is 5.67. The first-order chi connectivity index (χ1) is 11.3. The molecule has 3 saturated heterocycles. The number of hydrogen-bond donors (Lipinski definition) is 1. The Morgan fingerprint density at radius 1 is 1.17 bits per heavy atom. The zero-order valence-electron chi connectivity index (χ0n) is 13.6. The molecule has 0 radical (unpaired) electrons. The van der Waals surface area contributed by atoms with Crippen LogP contribution in [0.15, 0.2) is 18.3 Å². The maximum absolute atomic E-state index is 9.24. The van der Waals surface area contributed by atoms with Gasteiger partial charge in [-0.3, -0.25) is 4.90 Å². The molecule has 0 amide bonds. The van der Waals surface area contributed by atoms with Crippen molar-refractivity contribution in [1.82, 2.24) is 15.2 Å². The number of pyridine rings is 1. The summed E-state index contributed by atoms with van der Waals surface area (Å²) in [6.45, 7) is 5.37. The van der Waals surface area contributed by atoms with Gasteiger partial charge in [-0.2, -0.15) is 5.26 Å². The second kappa shape index (κ2) is 6.46. The molecule has 0 spiro atoms. The Morgan fingerprint density at radius 2 is 1.91 bits per heavy atom. The largest absolute Gasteiger partial charge is 0.353 e. The average Bonchev–Trinajstić information content (AvgIpc) is 2.94. The minimum Gasteiger partial charge on any atom is -0.353 e. The van der Waals surface area contributed by atoms with E-state index in [0.29, 0.717) is 5.56 Å². The molecule has 3 fully saturated rings. The molecule has 0 saturated carbocycles. The summed E-state index contributed by atoms with van der Waals surface area (Å²) in [5.74, 6) is 1.72. The van der Waals surface area contributed by atoms with E-state index in [4.69, 9.17) is 0 Å². The Kier molecular flexibility index (Phi) is 4.19. The molecule has 1 aromatic heterocycles. The van der Waals surface area contributed by atoms with Crippen LogP contribution in [0.1, 0.15) is 31.2 Å². The van der Waals surface area contributed by atoms with E-state index >= 15 is 0 Å². The van der Waals surface area contributed by atoms with Crippen LogP contribution in [-0.2, 0) is 0 Å². The zero-order chi connectivity index (χ0) is 15.6. The van der Waals surface area contributed by atoms with Crippen LogP contribution in [0.2, 0.25) is 0 Å². The quantitative estimate of drug-likeness (QED) is 0.919. The van der Waals surface area contributed by atoms with E-state index in [2.05, 4.69) is 26.2 Å². The molecule has 1 aromatic rings. The molecule has 2 atom stereocenters. The number of piperidine rings is 1. The lowest BCUT2D eigenvalue weighted by Gasteiger charge is -2.39. The fraction of sp³-hybridized carbons (Fsp3) is 0.667. The monoisotopic (exact) mass is 311 g/mol. The lowest BCUT2D eigenvalue weighted by atomic mass is 9.92. The second-order valence-corrected chi connectivity index (χ2v) is 7.25. The summed E-state index contributed by atoms with van der Waals surface area (Å²) >= 11 is 0. The zero-order valence-corrected chi connectivity index (χ0v) is 13.6. The van der Waals surface area contributed by atoms with E-state index in [1.807, 2.05) is 12.1 Å². The average molecular weight is 311 g/mol. The van der Waals surface area contributed by atoms with Gasteiger partial charge in [-0.15, -0.1) is 0 Å². The number of hydrogen-bond acceptors (Lipinski definition) is 5. The second-order valence-electron chi connectivity index (χ2n) is 7.25. The van der Waals surface area contributed by atoms with E-state index < -0.39 is 0 Å². The topological polar surface area (TPSA) is 55.2 Å². The SMILES string of the molecule is N#Cc1cccnc1N1CCN(CC2CC3CCC(C2)N3)CC1. The molecule has 3 aliphatic rings. The van der Waals surface area contributed by atoms with Gasteiger partial charge in [0, 0.05) is 51.0 Å². The molecule has 0 aromatic carbocycles. The number of rotatable bonds is 3. The van der Waals surface area contributed by atoms with Crippen molar-refractivity contribution >= 4 is 5.82 Å². The summed E-state index contributed by atoms with van der Waals surface area (Å²) in [4.78, 5) is 9.30. The first-order valence-corrected chi connectivity index (χ1v) is 8.90. The van der Waals surface area contributed by atoms with Gasteiger partial charge in [0.25, 0.3) is 0 Å². The maximum atomic E-state index is 9.24. The molecule has 23 heavy (non-hydrogen) atoms. The fourth-order valence-electron chi connectivity index (χ4n) is 4.57. The molecule has 3 aliphatic heterocycles. The van der Waals surface area contributed by atoms with Crippen LogP contribution < -0.4 is 10.2 Å². The third-order valence-electron chi connectivity index (χ3n) is 5.67. The van der Waals surface area contributed by atoms with Gasteiger partial charge in [-0.05, 0) is 43.7 Å². The highest BCUT2D eigenvalue weighted by Crippen LogP contribution is 2.31. The van der Waals surface area contributed by atoms with Crippen molar-refractivity contribution in [2.75, 3.05) is 37.6 Å². The molecular weight excluding hydrogens is 286 g/mol. The number of nitrogens with one attached hydrogen (secondary N) is 1. The predicted molar refractivity (Wildman–Crippen MR) is 90.3 cm³/mol. The molecular formula is C18H25N5. The summed E-state index contributed by atoms with van der Waals surface area (Å²) < 4.78 is 0. The highest BCUT2D eigenvalue weighted by Gasteiger charge is 2.34. The van der Waals surface area contributed by atoms with Gasteiger partial charge < -0.3 is 10.2 Å². The highest BCUT2D eigenvalue weighted by molar-refractivity contribution is 5.53. The lowest BCUT2D eigenvalue weighted by molar-refractivity contribution is 0.179. The fourth-order valence-corrected chi connectivity index (χ4v) is 4.57. The Labute approximate surface area is 138 Å². The standard InChI is InChI=1S/C18H25N5/c19-12-15-2-1-5-20-18(15)23-8-6-22(7-9-23)13-14-10-16-3-4-17(11-14)21-16/h1-2,5,14,16-17,21H,3-4,6-11,13H2. The minimum absolute atomic E-state index is 0.691. The van der Waals surface area contributed by atoms with Crippen molar-refractivity contribution in [2.45, 2.75) is 37.8 Å².